The van der Waals surface area contributed by atoms with Gasteiger partial charge >= 0.3 is 0 Å². The van der Waals surface area contributed by atoms with E-state index in [1.807, 2.05) is 30.3 Å². The number of hydrogen-bond donors (Lipinski definition) is 1. The predicted molar refractivity (Wildman–Crippen MR) is 88.1 cm³/mol. The van der Waals surface area contributed by atoms with E-state index in [1.54, 1.807) is 12.4 Å². The molecule has 1 N–H and O–H groups in total. The van der Waals surface area contributed by atoms with Crippen molar-refractivity contribution in [2.45, 2.75) is 25.4 Å². The lowest BCUT2D eigenvalue weighted by molar-refractivity contribution is 0.386. The third-order valence-electron chi connectivity index (χ3n) is 4.21. The summed E-state index contributed by atoms with van der Waals surface area (Å²) in [5, 5.41) is 3.55. The molecule has 0 saturated carbocycles. The van der Waals surface area contributed by atoms with Crippen LogP contribution in [0.4, 0.5) is 5.95 Å². The quantitative estimate of drug-likeness (QED) is 0.798. The van der Waals surface area contributed by atoms with Crippen LogP contribution in [0.15, 0.2) is 47.1 Å². The first kappa shape index (κ1) is 14.1. The molecule has 1 aliphatic heterocycles. The van der Waals surface area contributed by atoms with Crippen LogP contribution in [0.25, 0.3) is 11.1 Å². The molecular weight excluding hydrogens is 290 g/mol. The first-order chi connectivity index (χ1) is 11.4. The molecule has 1 saturated heterocycles. The van der Waals surface area contributed by atoms with Gasteiger partial charge in [0.05, 0.1) is 6.54 Å². The molecule has 6 nitrogen and oxygen atoms in total. The topological polar surface area (TPSA) is 67.1 Å². The molecule has 3 aromatic rings. The zero-order valence-corrected chi connectivity index (χ0v) is 12.9. The second-order valence-electron chi connectivity index (χ2n) is 5.77. The van der Waals surface area contributed by atoms with E-state index in [0.717, 1.165) is 48.9 Å². The van der Waals surface area contributed by atoms with E-state index in [1.165, 1.54) is 0 Å². The molecule has 4 rings (SSSR count). The first-order valence-electron chi connectivity index (χ1n) is 7.98. The van der Waals surface area contributed by atoms with Crippen LogP contribution in [0, 0.1) is 0 Å². The summed E-state index contributed by atoms with van der Waals surface area (Å²) in [6.45, 7) is 2.60. The fourth-order valence-corrected chi connectivity index (χ4v) is 2.97. The predicted octanol–water partition coefficient (Wildman–Crippen LogP) is 2.38. The minimum Gasteiger partial charge on any atom is -0.439 e. The van der Waals surface area contributed by atoms with Gasteiger partial charge in [-0.25, -0.2) is 15.0 Å². The fourth-order valence-electron chi connectivity index (χ4n) is 2.97. The van der Waals surface area contributed by atoms with Crippen molar-refractivity contribution in [2.24, 2.45) is 0 Å². The molecule has 0 aliphatic carbocycles. The summed E-state index contributed by atoms with van der Waals surface area (Å²) in [5.41, 5.74) is 1.76. The number of anilines is 1. The van der Waals surface area contributed by atoms with E-state index >= 15 is 0 Å². The molecule has 118 valence electrons. The molecular formula is C17H19N5O. The SMILES string of the molecule is c1cnc(N2CCC(NCc3nc4ccccc4o3)CC2)nc1. The second kappa shape index (κ2) is 6.34. The number of fused-ring (bicyclic) bond motifs is 1. The van der Waals surface area contributed by atoms with Crippen molar-refractivity contribution in [1.29, 1.82) is 0 Å². The normalized spacial score (nSPS) is 16.1. The van der Waals surface area contributed by atoms with Gasteiger partial charge in [0.1, 0.15) is 5.52 Å². The molecule has 1 aromatic carbocycles. The van der Waals surface area contributed by atoms with Gasteiger partial charge in [0, 0.05) is 31.5 Å². The van der Waals surface area contributed by atoms with Crippen LogP contribution >= 0.6 is 0 Å². The van der Waals surface area contributed by atoms with Crippen LogP contribution < -0.4 is 10.2 Å². The lowest BCUT2D eigenvalue weighted by atomic mass is 10.1. The fraction of sp³-hybridized carbons (Fsp3) is 0.353. The summed E-state index contributed by atoms with van der Waals surface area (Å²) in [5.74, 6) is 1.57. The summed E-state index contributed by atoms with van der Waals surface area (Å²) in [4.78, 5) is 15.4. The average molecular weight is 309 g/mol. The highest BCUT2D eigenvalue weighted by Gasteiger charge is 2.20. The summed E-state index contributed by atoms with van der Waals surface area (Å²) in [6.07, 6.45) is 5.72. The second-order valence-corrected chi connectivity index (χ2v) is 5.77. The molecule has 1 fully saturated rings. The number of benzene rings is 1. The highest BCUT2D eigenvalue weighted by atomic mass is 16.3. The molecule has 6 heteroatoms. The first-order valence-corrected chi connectivity index (χ1v) is 7.98. The Balaban J connectivity index is 1.31. The van der Waals surface area contributed by atoms with E-state index in [-0.39, 0.29) is 0 Å². The highest BCUT2D eigenvalue weighted by Crippen LogP contribution is 2.17. The Kier molecular flexibility index (Phi) is 3.90. The summed E-state index contributed by atoms with van der Waals surface area (Å²) in [6, 6.07) is 10.2. The lowest BCUT2D eigenvalue weighted by Gasteiger charge is -2.32. The Bertz CT molecular complexity index is 732. The van der Waals surface area contributed by atoms with Crippen molar-refractivity contribution in [3.05, 3.63) is 48.6 Å². The number of nitrogens with one attached hydrogen (secondary N) is 1. The molecule has 2 aromatic heterocycles. The maximum atomic E-state index is 5.75. The van der Waals surface area contributed by atoms with E-state index in [2.05, 4.69) is 25.2 Å². The van der Waals surface area contributed by atoms with Crippen LogP contribution in [0.5, 0.6) is 0 Å². The van der Waals surface area contributed by atoms with Gasteiger partial charge in [-0.3, -0.25) is 0 Å². The molecule has 0 atom stereocenters. The number of oxazole rings is 1. The zero-order valence-electron chi connectivity index (χ0n) is 12.9. The summed E-state index contributed by atoms with van der Waals surface area (Å²) < 4.78 is 5.75. The van der Waals surface area contributed by atoms with Gasteiger partial charge in [0.25, 0.3) is 0 Å². The lowest BCUT2D eigenvalue weighted by Crippen LogP contribution is -2.42. The van der Waals surface area contributed by atoms with E-state index in [4.69, 9.17) is 4.42 Å². The van der Waals surface area contributed by atoms with Crippen LogP contribution in [-0.2, 0) is 6.54 Å². The van der Waals surface area contributed by atoms with Crippen LogP contribution in [-0.4, -0.2) is 34.1 Å². The van der Waals surface area contributed by atoms with Gasteiger partial charge in [-0.1, -0.05) is 12.1 Å². The van der Waals surface area contributed by atoms with Crippen LogP contribution in [0.3, 0.4) is 0 Å². The number of rotatable bonds is 4. The van der Waals surface area contributed by atoms with Gasteiger partial charge < -0.3 is 14.6 Å². The van der Waals surface area contributed by atoms with Crippen molar-refractivity contribution < 1.29 is 4.42 Å². The minimum atomic E-state index is 0.477. The van der Waals surface area contributed by atoms with Crippen molar-refractivity contribution in [3.63, 3.8) is 0 Å². The number of hydrogen-bond acceptors (Lipinski definition) is 6. The number of piperidine rings is 1. The summed E-state index contributed by atoms with van der Waals surface area (Å²) >= 11 is 0. The molecule has 1 aliphatic rings. The molecule has 3 heterocycles. The third-order valence-corrected chi connectivity index (χ3v) is 4.21. The van der Waals surface area contributed by atoms with Crippen molar-refractivity contribution in [2.75, 3.05) is 18.0 Å². The minimum absolute atomic E-state index is 0.477. The molecule has 0 bridgehead atoms. The van der Waals surface area contributed by atoms with Crippen molar-refractivity contribution in [3.8, 4) is 0 Å². The molecule has 0 unspecified atom stereocenters. The average Bonchev–Trinajstić information content (AvgIpc) is 3.04. The smallest absolute Gasteiger partial charge is 0.225 e. The maximum Gasteiger partial charge on any atom is 0.225 e. The Labute approximate surface area is 134 Å². The Hall–Kier alpha value is -2.47. The number of para-hydroxylation sites is 2. The van der Waals surface area contributed by atoms with Gasteiger partial charge in [-0.15, -0.1) is 0 Å². The van der Waals surface area contributed by atoms with Crippen molar-refractivity contribution >= 4 is 17.0 Å². The van der Waals surface area contributed by atoms with Gasteiger partial charge in [-0.2, -0.15) is 0 Å². The zero-order chi connectivity index (χ0) is 15.5. The standard InChI is InChI=1S/C17H19N5O/c1-2-5-15-14(4-1)21-16(23-15)12-20-13-6-10-22(11-7-13)17-18-8-3-9-19-17/h1-5,8-9,13,20H,6-7,10-12H2. The highest BCUT2D eigenvalue weighted by molar-refractivity contribution is 5.72. The van der Waals surface area contributed by atoms with Crippen LogP contribution in [0.1, 0.15) is 18.7 Å². The number of nitrogens with zero attached hydrogens (tertiary/aromatic N) is 4. The summed E-state index contributed by atoms with van der Waals surface area (Å²) in [7, 11) is 0. The Morgan fingerprint density at radius 2 is 1.87 bits per heavy atom. The van der Waals surface area contributed by atoms with Gasteiger partial charge in [-0.05, 0) is 31.0 Å². The molecule has 0 spiro atoms. The van der Waals surface area contributed by atoms with Crippen LogP contribution in [0.2, 0.25) is 0 Å². The molecule has 0 radical (unpaired) electrons. The van der Waals surface area contributed by atoms with E-state index in [9.17, 15) is 0 Å². The third kappa shape index (κ3) is 3.17. The number of aromatic nitrogens is 3. The van der Waals surface area contributed by atoms with Gasteiger partial charge in [0.2, 0.25) is 11.8 Å². The molecule has 0 amide bonds. The maximum absolute atomic E-state index is 5.75. The van der Waals surface area contributed by atoms with E-state index in [0.29, 0.717) is 12.6 Å². The van der Waals surface area contributed by atoms with Gasteiger partial charge in [0.15, 0.2) is 5.58 Å². The Morgan fingerprint density at radius 3 is 2.65 bits per heavy atom. The largest absolute Gasteiger partial charge is 0.439 e. The Morgan fingerprint density at radius 1 is 1.09 bits per heavy atom. The monoisotopic (exact) mass is 309 g/mol. The molecule has 23 heavy (non-hydrogen) atoms. The van der Waals surface area contributed by atoms with E-state index < -0.39 is 0 Å². The van der Waals surface area contributed by atoms with Crippen molar-refractivity contribution in [1.82, 2.24) is 20.3 Å².